The summed E-state index contributed by atoms with van der Waals surface area (Å²) in [5.74, 6) is -2.00. The van der Waals surface area contributed by atoms with Gasteiger partial charge in [0.25, 0.3) is 11.5 Å². The number of aromatic nitrogens is 2. The van der Waals surface area contributed by atoms with Gasteiger partial charge < -0.3 is 19.1 Å². The second kappa shape index (κ2) is 7.78. The van der Waals surface area contributed by atoms with E-state index in [9.17, 15) is 27.2 Å². The highest BCUT2D eigenvalue weighted by Gasteiger charge is 2.34. The fourth-order valence-electron chi connectivity index (χ4n) is 3.10. The molecular weight excluding hydrogens is 424 g/mol. The fourth-order valence-corrected chi connectivity index (χ4v) is 3.10. The lowest BCUT2D eigenvalue weighted by atomic mass is 10.1. The third kappa shape index (κ3) is 4.37. The minimum absolute atomic E-state index is 0.0515. The van der Waals surface area contributed by atoms with Gasteiger partial charge in [-0.1, -0.05) is 5.16 Å². The van der Waals surface area contributed by atoms with Gasteiger partial charge in [0.05, 0.1) is 30.5 Å². The Morgan fingerprint density at radius 3 is 2.71 bits per heavy atom. The molecule has 2 aromatic heterocycles. The minimum Gasteiger partial charge on any atom is -0.487 e. The monoisotopic (exact) mass is 438 g/mol. The van der Waals surface area contributed by atoms with Crippen molar-refractivity contribution in [3.05, 3.63) is 70.0 Å². The number of amides is 1. The first-order valence-electron chi connectivity index (χ1n) is 8.94. The predicted octanol–water partition coefficient (Wildman–Crippen LogP) is 3.04. The number of hydrogen-bond donors (Lipinski definition) is 2. The molecule has 0 radical (unpaired) electrons. The van der Waals surface area contributed by atoms with E-state index in [1.165, 1.54) is 24.5 Å². The van der Waals surface area contributed by atoms with E-state index in [0.717, 1.165) is 12.1 Å². The quantitative estimate of drug-likeness (QED) is 0.594. The van der Waals surface area contributed by atoms with Crippen LogP contribution in [0.25, 0.3) is 0 Å². The first-order valence-corrected chi connectivity index (χ1v) is 8.94. The highest BCUT2D eigenvalue weighted by Crippen LogP contribution is 2.33. The van der Waals surface area contributed by atoms with E-state index >= 15 is 0 Å². The number of alkyl halides is 3. The Labute approximate surface area is 171 Å². The van der Waals surface area contributed by atoms with Crippen molar-refractivity contribution in [3.8, 4) is 5.75 Å². The van der Waals surface area contributed by atoms with Gasteiger partial charge in [0.1, 0.15) is 23.2 Å². The number of anilines is 2. The molecule has 3 heterocycles. The fraction of sp³-hybridized carbons (Fsp3) is 0.211. The number of rotatable bonds is 5. The molecule has 4 rings (SSSR count). The molecule has 0 aliphatic carbocycles. The summed E-state index contributed by atoms with van der Waals surface area (Å²) in [5, 5.41) is 5.86. The third-order valence-corrected chi connectivity index (χ3v) is 4.53. The van der Waals surface area contributed by atoms with Crippen molar-refractivity contribution in [2.45, 2.75) is 12.3 Å². The number of benzene rings is 1. The summed E-state index contributed by atoms with van der Waals surface area (Å²) < 4.78 is 62.3. The van der Waals surface area contributed by atoms with E-state index in [4.69, 9.17) is 9.26 Å². The van der Waals surface area contributed by atoms with Gasteiger partial charge in [-0.3, -0.25) is 14.9 Å². The Bertz CT molecular complexity index is 1150. The van der Waals surface area contributed by atoms with Crippen molar-refractivity contribution in [2.75, 3.05) is 23.3 Å². The van der Waals surface area contributed by atoms with Gasteiger partial charge in [0.2, 0.25) is 5.88 Å². The summed E-state index contributed by atoms with van der Waals surface area (Å²) >= 11 is 0. The van der Waals surface area contributed by atoms with Gasteiger partial charge in [0, 0.05) is 18.3 Å². The van der Waals surface area contributed by atoms with Crippen LogP contribution in [0.15, 0.2) is 52.0 Å². The molecule has 0 spiro atoms. The predicted molar refractivity (Wildman–Crippen MR) is 99.5 cm³/mol. The van der Waals surface area contributed by atoms with Gasteiger partial charge in [-0.25, -0.2) is 4.39 Å². The molecule has 162 valence electrons. The Morgan fingerprint density at radius 2 is 2.03 bits per heavy atom. The number of H-pyrrole nitrogens is 1. The van der Waals surface area contributed by atoms with Crippen molar-refractivity contribution in [1.82, 2.24) is 10.1 Å². The smallest absolute Gasteiger partial charge is 0.416 e. The highest BCUT2D eigenvalue weighted by molar-refractivity contribution is 6.07. The van der Waals surface area contributed by atoms with Crippen LogP contribution >= 0.6 is 0 Å². The lowest BCUT2D eigenvalue weighted by molar-refractivity contribution is -0.137. The number of halogens is 4. The molecule has 0 saturated carbocycles. The molecule has 1 saturated heterocycles. The normalized spacial score (nSPS) is 14.3. The lowest BCUT2D eigenvalue weighted by Gasteiger charge is -2.41. The molecule has 2 N–H and O–H groups in total. The molecule has 0 bridgehead atoms. The molecule has 3 aromatic rings. The molecular formula is C19H14F4N4O4. The summed E-state index contributed by atoms with van der Waals surface area (Å²) in [4.78, 5) is 28.8. The van der Waals surface area contributed by atoms with Gasteiger partial charge in [-0.2, -0.15) is 13.2 Å². The molecule has 0 atom stereocenters. The number of nitrogens with zero attached hydrogens (tertiary/aromatic N) is 2. The van der Waals surface area contributed by atoms with E-state index < -0.39 is 35.1 Å². The van der Waals surface area contributed by atoms with Crippen LogP contribution in [-0.4, -0.2) is 35.2 Å². The topological polar surface area (TPSA) is 100 Å². The molecule has 1 aliphatic heterocycles. The molecule has 31 heavy (non-hydrogen) atoms. The molecule has 1 fully saturated rings. The average Bonchev–Trinajstić information content (AvgIpc) is 3.16. The van der Waals surface area contributed by atoms with E-state index in [1.807, 2.05) is 0 Å². The Balaban J connectivity index is 1.47. The van der Waals surface area contributed by atoms with Crippen LogP contribution in [0.5, 0.6) is 5.75 Å². The summed E-state index contributed by atoms with van der Waals surface area (Å²) in [6, 6.07) is 4.87. The van der Waals surface area contributed by atoms with E-state index in [-0.39, 0.29) is 30.3 Å². The number of carbonyl (C=O) groups is 1. The number of aromatic amines is 1. The Hall–Kier alpha value is -3.83. The zero-order chi connectivity index (χ0) is 22.2. The number of pyridine rings is 1. The molecule has 1 aromatic carbocycles. The van der Waals surface area contributed by atoms with Crippen LogP contribution in [0.4, 0.5) is 29.1 Å². The summed E-state index contributed by atoms with van der Waals surface area (Å²) in [7, 11) is 0. The van der Waals surface area contributed by atoms with Crippen molar-refractivity contribution >= 4 is 17.5 Å². The number of nitrogens with one attached hydrogen (secondary N) is 2. The number of hydrogen-bond acceptors (Lipinski definition) is 6. The maximum Gasteiger partial charge on any atom is 0.416 e. The molecule has 8 nitrogen and oxygen atoms in total. The van der Waals surface area contributed by atoms with Crippen LogP contribution in [0.1, 0.15) is 15.9 Å². The minimum atomic E-state index is -4.71. The van der Waals surface area contributed by atoms with Gasteiger partial charge >= 0.3 is 6.18 Å². The SMILES string of the molecule is O=C(Nc1ccno1)c1c(N2CC(Oc3cc(F)cc(C(F)(F)F)c3)C2)cc[nH]c1=O. The van der Waals surface area contributed by atoms with Crippen molar-refractivity contribution in [3.63, 3.8) is 0 Å². The first-order chi connectivity index (χ1) is 14.7. The van der Waals surface area contributed by atoms with Gasteiger partial charge in [0.15, 0.2) is 0 Å². The number of carbonyl (C=O) groups excluding carboxylic acids is 1. The maximum atomic E-state index is 13.5. The largest absolute Gasteiger partial charge is 0.487 e. The molecule has 0 unspecified atom stereocenters. The average molecular weight is 438 g/mol. The molecule has 1 amide bonds. The molecule has 1 aliphatic rings. The lowest BCUT2D eigenvalue weighted by Crippen LogP contribution is -2.55. The Morgan fingerprint density at radius 1 is 1.26 bits per heavy atom. The van der Waals surface area contributed by atoms with Crippen molar-refractivity contribution in [2.24, 2.45) is 0 Å². The van der Waals surface area contributed by atoms with Crippen LogP contribution in [-0.2, 0) is 6.18 Å². The highest BCUT2D eigenvalue weighted by atomic mass is 19.4. The molecule has 12 heteroatoms. The second-order valence-electron chi connectivity index (χ2n) is 6.72. The van der Waals surface area contributed by atoms with Crippen LogP contribution in [0.3, 0.4) is 0 Å². The third-order valence-electron chi connectivity index (χ3n) is 4.53. The maximum absolute atomic E-state index is 13.5. The zero-order valence-corrected chi connectivity index (χ0v) is 15.6. The summed E-state index contributed by atoms with van der Waals surface area (Å²) in [6.45, 7) is 0.341. The summed E-state index contributed by atoms with van der Waals surface area (Å²) in [5.41, 5.74) is -1.67. The van der Waals surface area contributed by atoms with Crippen LogP contribution < -0.4 is 20.5 Å². The van der Waals surface area contributed by atoms with E-state index in [0.29, 0.717) is 11.8 Å². The zero-order valence-electron chi connectivity index (χ0n) is 15.6. The van der Waals surface area contributed by atoms with Gasteiger partial charge in [-0.15, -0.1) is 0 Å². The van der Waals surface area contributed by atoms with Crippen LogP contribution in [0.2, 0.25) is 0 Å². The van der Waals surface area contributed by atoms with Crippen LogP contribution in [0, 0.1) is 5.82 Å². The van der Waals surface area contributed by atoms with Crippen molar-refractivity contribution in [1.29, 1.82) is 0 Å². The van der Waals surface area contributed by atoms with Crippen molar-refractivity contribution < 1.29 is 31.6 Å². The standard InChI is InChI=1S/C19H14F4N4O4/c20-11-5-10(19(21,22)23)6-12(7-11)30-13-8-27(9-13)14-1-3-24-17(28)16(14)18(29)26-15-2-4-25-31-15/h1-7,13H,8-9H2,(H,24,28)(H,26,29). The van der Waals surface area contributed by atoms with Gasteiger partial charge in [-0.05, 0) is 18.2 Å². The number of ether oxygens (including phenoxy) is 1. The van der Waals surface area contributed by atoms with E-state index in [1.54, 1.807) is 4.90 Å². The first kappa shape index (κ1) is 20.4. The second-order valence-corrected chi connectivity index (χ2v) is 6.72. The van der Waals surface area contributed by atoms with E-state index in [2.05, 4.69) is 15.5 Å². The summed E-state index contributed by atoms with van der Waals surface area (Å²) in [6.07, 6.45) is -2.59. The Kier molecular flexibility index (Phi) is 5.13.